The quantitative estimate of drug-likeness (QED) is 0.696. The largest absolute Gasteiger partial charge is 0.330 e. The lowest BCUT2D eigenvalue weighted by Crippen LogP contribution is -2.25. The van der Waals surface area contributed by atoms with E-state index in [1.807, 2.05) is 11.3 Å². The number of hydrogen-bond donors (Lipinski definition) is 1. The molecule has 1 aromatic heterocycles. The van der Waals surface area contributed by atoms with E-state index in [-0.39, 0.29) is 0 Å². The van der Waals surface area contributed by atoms with Gasteiger partial charge in [-0.15, -0.1) is 11.3 Å². The zero-order valence-electron chi connectivity index (χ0n) is 12.1. The topological polar surface area (TPSA) is 29.3 Å². The number of rotatable bonds is 9. The average molecular weight is 268 g/mol. The molecule has 0 amide bonds. The van der Waals surface area contributed by atoms with Crippen LogP contribution in [0, 0.1) is 5.41 Å². The molecule has 0 fully saturated rings. The fourth-order valence-corrected chi connectivity index (χ4v) is 2.65. The minimum absolute atomic E-state index is 0.315. The number of likely N-dealkylation sites (N-methyl/N-ethyl adjacent to an activating group) is 1. The molecule has 0 saturated carbocycles. The van der Waals surface area contributed by atoms with Crippen LogP contribution >= 0.6 is 11.3 Å². The first-order chi connectivity index (χ1) is 8.53. The Hall–Kier alpha value is -0.380. The van der Waals surface area contributed by atoms with Crippen molar-refractivity contribution in [2.75, 3.05) is 26.7 Å². The van der Waals surface area contributed by atoms with E-state index in [1.54, 1.807) is 0 Å². The lowest BCUT2D eigenvalue weighted by molar-refractivity contribution is 0.296. The second kappa shape index (κ2) is 7.93. The van der Waals surface area contributed by atoms with E-state index < -0.39 is 0 Å². The highest BCUT2D eigenvalue weighted by molar-refractivity contribution is 7.09. The second-order valence-corrected chi connectivity index (χ2v) is 6.99. The van der Waals surface area contributed by atoms with Crippen LogP contribution in [0.2, 0.25) is 0 Å². The SMILES string of the molecule is CN(CCCCC(C)(C)CN)CCc1cccs1. The molecule has 0 radical (unpaired) electrons. The molecule has 3 heteroatoms. The van der Waals surface area contributed by atoms with Gasteiger partial charge in [0.2, 0.25) is 0 Å². The summed E-state index contributed by atoms with van der Waals surface area (Å²) in [6.07, 6.45) is 4.99. The van der Waals surface area contributed by atoms with E-state index >= 15 is 0 Å². The smallest absolute Gasteiger partial charge is 0.00579 e. The van der Waals surface area contributed by atoms with Crippen molar-refractivity contribution in [3.8, 4) is 0 Å². The zero-order chi connectivity index (χ0) is 13.4. The number of thiophene rings is 1. The molecule has 0 bridgehead atoms. The van der Waals surface area contributed by atoms with Crippen molar-refractivity contribution < 1.29 is 0 Å². The minimum Gasteiger partial charge on any atom is -0.330 e. The van der Waals surface area contributed by atoms with Crippen molar-refractivity contribution in [2.24, 2.45) is 11.1 Å². The van der Waals surface area contributed by atoms with Crippen LogP contribution in [0.1, 0.15) is 38.0 Å². The summed E-state index contributed by atoms with van der Waals surface area (Å²) in [5.74, 6) is 0. The highest BCUT2D eigenvalue weighted by Crippen LogP contribution is 2.21. The third-order valence-electron chi connectivity index (χ3n) is 3.52. The average Bonchev–Trinajstić information content (AvgIpc) is 2.85. The van der Waals surface area contributed by atoms with Gasteiger partial charge in [-0.3, -0.25) is 0 Å². The van der Waals surface area contributed by atoms with Crippen LogP contribution in [-0.2, 0) is 6.42 Å². The minimum atomic E-state index is 0.315. The predicted octanol–water partition coefficient (Wildman–Crippen LogP) is 3.38. The molecule has 104 valence electrons. The highest BCUT2D eigenvalue weighted by atomic mass is 32.1. The Balaban J connectivity index is 2.05. The number of nitrogens with two attached hydrogens (primary N) is 1. The molecule has 0 aliphatic rings. The third kappa shape index (κ3) is 6.53. The van der Waals surface area contributed by atoms with Gasteiger partial charge in [-0.05, 0) is 56.3 Å². The summed E-state index contributed by atoms with van der Waals surface area (Å²) in [5, 5.41) is 2.16. The van der Waals surface area contributed by atoms with Crippen LogP contribution < -0.4 is 5.73 Å². The standard InChI is InChI=1S/C15H28N2S/c1-15(2,13-16)9-4-5-10-17(3)11-8-14-7-6-12-18-14/h6-7,12H,4-5,8-11,13,16H2,1-3H3. The summed E-state index contributed by atoms with van der Waals surface area (Å²) >= 11 is 1.86. The van der Waals surface area contributed by atoms with E-state index in [0.717, 1.165) is 6.54 Å². The first-order valence-electron chi connectivity index (χ1n) is 6.94. The van der Waals surface area contributed by atoms with Crippen LogP contribution in [0.25, 0.3) is 0 Å². The van der Waals surface area contributed by atoms with Gasteiger partial charge >= 0.3 is 0 Å². The fraction of sp³-hybridized carbons (Fsp3) is 0.733. The van der Waals surface area contributed by atoms with E-state index in [9.17, 15) is 0 Å². The summed E-state index contributed by atoms with van der Waals surface area (Å²) < 4.78 is 0. The van der Waals surface area contributed by atoms with Crippen molar-refractivity contribution in [3.05, 3.63) is 22.4 Å². The summed E-state index contributed by atoms with van der Waals surface area (Å²) in [7, 11) is 2.22. The molecule has 0 aliphatic carbocycles. The molecule has 0 atom stereocenters. The van der Waals surface area contributed by atoms with Crippen molar-refractivity contribution in [1.29, 1.82) is 0 Å². The summed E-state index contributed by atoms with van der Waals surface area (Å²) in [5.41, 5.74) is 6.06. The number of hydrogen-bond acceptors (Lipinski definition) is 3. The van der Waals surface area contributed by atoms with Crippen LogP contribution in [0.4, 0.5) is 0 Å². The van der Waals surface area contributed by atoms with E-state index in [2.05, 4.69) is 43.3 Å². The summed E-state index contributed by atoms with van der Waals surface area (Å²) in [4.78, 5) is 3.93. The van der Waals surface area contributed by atoms with Gasteiger partial charge in [-0.2, -0.15) is 0 Å². The molecule has 2 N–H and O–H groups in total. The fourth-order valence-electron chi connectivity index (χ4n) is 1.96. The van der Waals surface area contributed by atoms with Crippen LogP contribution in [0.5, 0.6) is 0 Å². The molecule has 2 nitrogen and oxygen atoms in total. The zero-order valence-corrected chi connectivity index (χ0v) is 12.9. The Morgan fingerprint density at radius 3 is 2.67 bits per heavy atom. The van der Waals surface area contributed by atoms with Gasteiger partial charge in [0, 0.05) is 11.4 Å². The molecule has 0 aromatic carbocycles. The summed E-state index contributed by atoms with van der Waals surface area (Å²) in [6, 6.07) is 4.36. The van der Waals surface area contributed by atoms with Gasteiger partial charge in [0.1, 0.15) is 0 Å². The lowest BCUT2D eigenvalue weighted by Gasteiger charge is -2.23. The maximum atomic E-state index is 5.74. The molecule has 18 heavy (non-hydrogen) atoms. The molecule has 0 spiro atoms. The summed E-state index contributed by atoms with van der Waals surface area (Å²) in [6.45, 7) is 7.68. The molecular formula is C15H28N2S. The number of unbranched alkanes of at least 4 members (excludes halogenated alkanes) is 1. The lowest BCUT2D eigenvalue weighted by atomic mass is 9.87. The van der Waals surface area contributed by atoms with Gasteiger partial charge in [0.15, 0.2) is 0 Å². The van der Waals surface area contributed by atoms with Crippen molar-refractivity contribution in [2.45, 2.75) is 39.5 Å². The Labute approximate surface area is 116 Å². The molecule has 0 aliphatic heterocycles. The Morgan fingerprint density at radius 2 is 2.06 bits per heavy atom. The van der Waals surface area contributed by atoms with Gasteiger partial charge in [0.05, 0.1) is 0 Å². The van der Waals surface area contributed by atoms with Crippen LogP contribution in [0.15, 0.2) is 17.5 Å². The third-order valence-corrected chi connectivity index (χ3v) is 4.45. The normalized spacial score (nSPS) is 12.3. The van der Waals surface area contributed by atoms with Gasteiger partial charge < -0.3 is 10.6 Å². The Morgan fingerprint density at radius 1 is 1.28 bits per heavy atom. The van der Waals surface area contributed by atoms with Gasteiger partial charge in [0.25, 0.3) is 0 Å². The van der Waals surface area contributed by atoms with Gasteiger partial charge in [-0.1, -0.05) is 26.3 Å². The van der Waals surface area contributed by atoms with Crippen LogP contribution in [0.3, 0.4) is 0 Å². The highest BCUT2D eigenvalue weighted by Gasteiger charge is 2.14. The number of nitrogens with zero attached hydrogens (tertiary/aromatic N) is 1. The van der Waals surface area contributed by atoms with E-state index in [0.29, 0.717) is 5.41 Å². The molecule has 0 unspecified atom stereocenters. The molecular weight excluding hydrogens is 240 g/mol. The van der Waals surface area contributed by atoms with Crippen molar-refractivity contribution in [1.82, 2.24) is 4.90 Å². The van der Waals surface area contributed by atoms with E-state index in [1.165, 1.54) is 43.6 Å². The molecule has 1 heterocycles. The Bertz CT molecular complexity index is 306. The van der Waals surface area contributed by atoms with Crippen molar-refractivity contribution >= 4 is 11.3 Å². The van der Waals surface area contributed by atoms with Gasteiger partial charge in [-0.25, -0.2) is 0 Å². The molecule has 0 saturated heterocycles. The van der Waals surface area contributed by atoms with E-state index in [4.69, 9.17) is 5.73 Å². The first kappa shape index (κ1) is 15.7. The maximum absolute atomic E-state index is 5.74. The predicted molar refractivity (Wildman–Crippen MR) is 82.2 cm³/mol. The second-order valence-electron chi connectivity index (χ2n) is 5.96. The first-order valence-corrected chi connectivity index (χ1v) is 7.82. The molecule has 1 aromatic rings. The Kier molecular flexibility index (Phi) is 6.90. The van der Waals surface area contributed by atoms with Crippen molar-refractivity contribution in [3.63, 3.8) is 0 Å². The van der Waals surface area contributed by atoms with Crippen LogP contribution in [-0.4, -0.2) is 31.6 Å². The maximum Gasteiger partial charge on any atom is 0.00579 e. The monoisotopic (exact) mass is 268 g/mol. The molecule has 1 rings (SSSR count).